The maximum absolute atomic E-state index is 13.2. The molecule has 1 saturated carbocycles. The minimum Gasteiger partial charge on any atom is -0.281 e. The quantitative estimate of drug-likeness (QED) is 0.577. The van der Waals surface area contributed by atoms with Crippen LogP contribution in [0.1, 0.15) is 59.8 Å². The van der Waals surface area contributed by atoms with E-state index in [0.29, 0.717) is 12.8 Å². The largest absolute Gasteiger partial charge is 0.281 e. The van der Waals surface area contributed by atoms with Gasteiger partial charge < -0.3 is 0 Å². The van der Waals surface area contributed by atoms with Crippen molar-refractivity contribution in [2.45, 2.75) is 65.8 Å². The number of hydrogen-bond acceptors (Lipinski definition) is 4. The van der Waals surface area contributed by atoms with Crippen molar-refractivity contribution < 1.29 is 19.2 Å². The number of piperidine rings is 2. The molecule has 0 aromatic heterocycles. The van der Waals surface area contributed by atoms with E-state index < -0.39 is 29.1 Å². The van der Waals surface area contributed by atoms with E-state index in [1.807, 2.05) is 13.8 Å². The first-order valence-electron chi connectivity index (χ1n) is 9.44. The normalized spacial score (nSPS) is 29.4. The molecule has 1 spiro atoms. The van der Waals surface area contributed by atoms with Gasteiger partial charge in [0.05, 0.1) is 0 Å². The van der Waals surface area contributed by atoms with Gasteiger partial charge in [0.25, 0.3) is 0 Å². The summed E-state index contributed by atoms with van der Waals surface area (Å²) in [6.45, 7) is 7.62. The monoisotopic (exact) mass is 348 g/mol. The number of carbonyl (C=O) groups excluding carboxylic acids is 4. The fraction of sp³-hybridized carbons (Fsp3) is 0.789. The molecule has 2 heterocycles. The summed E-state index contributed by atoms with van der Waals surface area (Å²) in [4.78, 5) is 55.0. The molecular formula is C19H28N2O4. The summed E-state index contributed by atoms with van der Waals surface area (Å²) in [6, 6.07) is -0.344. The predicted octanol–water partition coefficient (Wildman–Crippen LogP) is 1.97. The molecule has 2 aliphatic heterocycles. The standard InChI is InChI=1S/C19H28N2O4/c1-11(2)10-20-15(22)13-17(24)21(12(3)4)18(25)14(16(20)23)19(13)8-6-5-7-9-19/h11-14H,5-10H2,1-4H3/t13-,14+. The van der Waals surface area contributed by atoms with Gasteiger partial charge in [0.2, 0.25) is 23.6 Å². The Balaban J connectivity index is 2.13. The van der Waals surface area contributed by atoms with Gasteiger partial charge in [0.1, 0.15) is 11.8 Å². The van der Waals surface area contributed by atoms with Crippen molar-refractivity contribution in [3.05, 3.63) is 0 Å². The number of imide groups is 2. The lowest BCUT2D eigenvalue weighted by Gasteiger charge is -2.56. The van der Waals surface area contributed by atoms with Gasteiger partial charge in [0.15, 0.2) is 0 Å². The maximum Gasteiger partial charge on any atom is 0.242 e. The van der Waals surface area contributed by atoms with Gasteiger partial charge in [0, 0.05) is 18.0 Å². The van der Waals surface area contributed by atoms with Crippen molar-refractivity contribution in [3.8, 4) is 0 Å². The molecule has 6 nitrogen and oxygen atoms in total. The molecule has 6 heteroatoms. The summed E-state index contributed by atoms with van der Waals surface area (Å²) in [7, 11) is 0. The molecule has 0 radical (unpaired) electrons. The molecule has 1 aliphatic carbocycles. The smallest absolute Gasteiger partial charge is 0.242 e. The third-order valence-electron chi connectivity index (χ3n) is 5.99. The zero-order chi connectivity index (χ0) is 18.5. The van der Waals surface area contributed by atoms with Crippen LogP contribution in [0.15, 0.2) is 0 Å². The first-order chi connectivity index (χ1) is 11.7. The Hall–Kier alpha value is -1.72. The van der Waals surface area contributed by atoms with Crippen LogP contribution in [-0.2, 0) is 19.2 Å². The average molecular weight is 348 g/mol. The first-order valence-corrected chi connectivity index (χ1v) is 9.44. The highest BCUT2D eigenvalue weighted by atomic mass is 16.2. The van der Waals surface area contributed by atoms with Crippen LogP contribution < -0.4 is 0 Å². The van der Waals surface area contributed by atoms with Crippen LogP contribution >= 0.6 is 0 Å². The van der Waals surface area contributed by atoms with E-state index in [4.69, 9.17) is 0 Å². The molecule has 138 valence electrons. The van der Waals surface area contributed by atoms with Crippen molar-refractivity contribution in [3.63, 3.8) is 0 Å². The molecule has 0 aromatic carbocycles. The van der Waals surface area contributed by atoms with Crippen molar-refractivity contribution in [2.75, 3.05) is 6.54 Å². The Bertz CT molecular complexity index is 581. The second-order valence-electron chi connectivity index (χ2n) is 8.48. The number of likely N-dealkylation sites (tertiary alicyclic amines) is 2. The molecule has 0 aromatic rings. The molecule has 0 unspecified atom stereocenters. The van der Waals surface area contributed by atoms with Crippen molar-refractivity contribution in [2.24, 2.45) is 23.2 Å². The summed E-state index contributed by atoms with van der Waals surface area (Å²) in [6.07, 6.45) is 3.97. The molecule has 25 heavy (non-hydrogen) atoms. The Morgan fingerprint density at radius 2 is 1.32 bits per heavy atom. The summed E-state index contributed by atoms with van der Waals surface area (Å²) in [5.74, 6) is -3.24. The van der Waals surface area contributed by atoms with Crippen LogP contribution in [-0.4, -0.2) is 46.0 Å². The van der Waals surface area contributed by atoms with Crippen LogP contribution in [0.25, 0.3) is 0 Å². The average Bonchev–Trinajstić information content (AvgIpc) is 2.51. The van der Waals surface area contributed by atoms with E-state index >= 15 is 0 Å². The number of rotatable bonds is 3. The Labute approximate surface area is 148 Å². The van der Waals surface area contributed by atoms with Crippen LogP contribution in [0.2, 0.25) is 0 Å². The molecule has 3 rings (SSSR count). The molecule has 3 fully saturated rings. The molecular weight excluding hydrogens is 320 g/mol. The van der Waals surface area contributed by atoms with E-state index in [-0.39, 0.29) is 30.3 Å². The lowest BCUT2D eigenvalue weighted by molar-refractivity contribution is -0.191. The molecule has 2 saturated heterocycles. The lowest BCUT2D eigenvalue weighted by atomic mass is 9.54. The van der Waals surface area contributed by atoms with E-state index in [1.165, 1.54) is 4.90 Å². The number of carbonyl (C=O) groups is 4. The predicted molar refractivity (Wildman–Crippen MR) is 91.0 cm³/mol. The van der Waals surface area contributed by atoms with Crippen LogP contribution in [0.3, 0.4) is 0 Å². The third kappa shape index (κ3) is 2.52. The molecule has 0 N–H and O–H groups in total. The molecule has 3 aliphatic rings. The van der Waals surface area contributed by atoms with Crippen LogP contribution in [0.4, 0.5) is 0 Å². The van der Waals surface area contributed by atoms with Gasteiger partial charge >= 0.3 is 0 Å². The van der Waals surface area contributed by atoms with Gasteiger partial charge in [-0.2, -0.15) is 0 Å². The fourth-order valence-corrected chi connectivity index (χ4v) is 5.01. The Kier molecular flexibility index (Phi) is 4.50. The van der Waals surface area contributed by atoms with Gasteiger partial charge in [-0.25, -0.2) is 0 Å². The SMILES string of the molecule is CC(C)CN1C(=O)[C@@H]2C(=O)N(C(C)C)C(=O)[C@H](C1=O)C21CCCCC1. The minimum absolute atomic E-state index is 0.0976. The van der Waals surface area contributed by atoms with Crippen LogP contribution in [0, 0.1) is 23.2 Å². The second kappa shape index (κ2) is 6.22. The Morgan fingerprint density at radius 3 is 1.72 bits per heavy atom. The van der Waals surface area contributed by atoms with Crippen LogP contribution in [0.5, 0.6) is 0 Å². The van der Waals surface area contributed by atoms with Gasteiger partial charge in [-0.15, -0.1) is 0 Å². The number of amides is 4. The fourth-order valence-electron chi connectivity index (χ4n) is 5.01. The van der Waals surface area contributed by atoms with E-state index in [9.17, 15) is 19.2 Å². The minimum atomic E-state index is -0.880. The second-order valence-corrected chi connectivity index (χ2v) is 8.48. The number of nitrogens with zero attached hydrogens (tertiary/aromatic N) is 2. The van der Waals surface area contributed by atoms with Gasteiger partial charge in [-0.05, 0) is 32.6 Å². The van der Waals surface area contributed by atoms with Crippen molar-refractivity contribution >= 4 is 23.6 Å². The summed E-state index contributed by atoms with van der Waals surface area (Å²) in [5, 5.41) is 0. The Morgan fingerprint density at radius 1 is 0.840 bits per heavy atom. The molecule has 2 bridgehead atoms. The summed E-state index contributed by atoms with van der Waals surface area (Å²) < 4.78 is 0. The zero-order valence-electron chi connectivity index (χ0n) is 15.6. The highest BCUT2D eigenvalue weighted by Gasteiger charge is 2.68. The van der Waals surface area contributed by atoms with Gasteiger partial charge in [-0.3, -0.25) is 29.0 Å². The first kappa shape index (κ1) is 18.1. The van der Waals surface area contributed by atoms with Gasteiger partial charge in [-0.1, -0.05) is 33.1 Å². The highest BCUT2D eigenvalue weighted by molar-refractivity contribution is 6.22. The van der Waals surface area contributed by atoms with Crippen molar-refractivity contribution in [1.29, 1.82) is 0 Å². The zero-order valence-corrected chi connectivity index (χ0v) is 15.6. The number of hydrogen-bond donors (Lipinski definition) is 0. The topological polar surface area (TPSA) is 74.8 Å². The lowest BCUT2D eigenvalue weighted by Crippen LogP contribution is -2.73. The van der Waals surface area contributed by atoms with Crippen molar-refractivity contribution in [1.82, 2.24) is 9.80 Å². The van der Waals surface area contributed by atoms with E-state index in [2.05, 4.69) is 0 Å². The summed E-state index contributed by atoms with van der Waals surface area (Å²) in [5.41, 5.74) is -0.792. The molecule has 4 amide bonds. The molecule has 2 atom stereocenters. The van der Waals surface area contributed by atoms with E-state index in [1.54, 1.807) is 13.8 Å². The van der Waals surface area contributed by atoms with E-state index in [0.717, 1.165) is 24.2 Å². The third-order valence-corrected chi connectivity index (χ3v) is 5.99. The maximum atomic E-state index is 13.2. The summed E-state index contributed by atoms with van der Waals surface area (Å²) >= 11 is 0. The highest BCUT2D eigenvalue weighted by Crippen LogP contribution is 2.55.